The number of nitrogens with two attached hydrogens (primary N) is 1. The van der Waals surface area contributed by atoms with Crippen LogP contribution in [-0.4, -0.2) is 16.8 Å². The summed E-state index contributed by atoms with van der Waals surface area (Å²) >= 11 is 13.3. The van der Waals surface area contributed by atoms with Crippen molar-refractivity contribution in [2.75, 3.05) is 5.32 Å². The minimum absolute atomic E-state index is 0.280. The van der Waals surface area contributed by atoms with Gasteiger partial charge in [-0.1, -0.05) is 41.4 Å². The topological polar surface area (TPSA) is 85.1 Å². The molecule has 0 spiro atoms. The second kappa shape index (κ2) is 8.56. The monoisotopic (exact) mass is 431 g/mol. The van der Waals surface area contributed by atoms with Crippen LogP contribution >= 0.6 is 34.5 Å². The van der Waals surface area contributed by atoms with Crippen LogP contribution in [0.5, 0.6) is 0 Å². The van der Waals surface area contributed by atoms with E-state index in [0.29, 0.717) is 32.0 Å². The Kier molecular flexibility index (Phi) is 6.14. The van der Waals surface area contributed by atoms with Crippen LogP contribution in [0.4, 0.5) is 5.13 Å². The van der Waals surface area contributed by atoms with Crippen LogP contribution < -0.4 is 11.1 Å². The molecule has 0 unspecified atom stereocenters. The maximum Gasteiger partial charge on any atom is 0.257 e. The molecule has 0 bridgehead atoms. The van der Waals surface area contributed by atoms with Gasteiger partial charge in [0.05, 0.1) is 15.7 Å². The van der Waals surface area contributed by atoms with Gasteiger partial charge in [-0.2, -0.15) is 0 Å². The number of amides is 2. The number of aromatic nitrogens is 1. The van der Waals surface area contributed by atoms with Crippen LogP contribution in [0.3, 0.4) is 0 Å². The molecular formula is C20H15Cl2N3O2S. The van der Waals surface area contributed by atoms with Gasteiger partial charge >= 0.3 is 0 Å². The van der Waals surface area contributed by atoms with E-state index in [-0.39, 0.29) is 5.91 Å². The summed E-state index contributed by atoms with van der Waals surface area (Å²) in [5.74, 6) is -0.763. The van der Waals surface area contributed by atoms with Gasteiger partial charge in [-0.3, -0.25) is 14.9 Å². The highest BCUT2D eigenvalue weighted by Gasteiger charge is 2.11. The average Bonchev–Trinajstić information content (AvgIpc) is 3.13. The van der Waals surface area contributed by atoms with Crippen LogP contribution in [0, 0.1) is 0 Å². The van der Waals surface area contributed by atoms with Crippen molar-refractivity contribution < 1.29 is 9.59 Å². The Morgan fingerprint density at radius 3 is 2.46 bits per heavy atom. The van der Waals surface area contributed by atoms with E-state index in [4.69, 9.17) is 28.9 Å². The Morgan fingerprint density at radius 1 is 1.11 bits per heavy atom. The molecule has 2 aromatic carbocycles. The Bertz CT molecular complexity index is 1080. The van der Waals surface area contributed by atoms with Crippen molar-refractivity contribution in [3.63, 3.8) is 0 Å². The Labute approximate surface area is 175 Å². The zero-order valence-electron chi connectivity index (χ0n) is 14.7. The molecule has 0 aliphatic carbocycles. The van der Waals surface area contributed by atoms with Gasteiger partial charge in [0.25, 0.3) is 5.91 Å². The first kappa shape index (κ1) is 20.1. The Hall–Kier alpha value is -2.67. The van der Waals surface area contributed by atoms with E-state index in [1.807, 2.05) is 11.4 Å². The van der Waals surface area contributed by atoms with Crippen molar-refractivity contribution in [2.24, 2.45) is 5.73 Å². The first-order valence-electron chi connectivity index (χ1n) is 8.14. The molecular weight excluding hydrogens is 417 g/mol. The fourth-order valence-electron chi connectivity index (χ4n) is 2.34. The summed E-state index contributed by atoms with van der Waals surface area (Å²) in [6, 6.07) is 12.1. The number of hydrogen-bond donors (Lipinski definition) is 2. The van der Waals surface area contributed by atoms with Gasteiger partial charge in [0.2, 0.25) is 5.91 Å². The molecule has 1 aromatic heterocycles. The Morgan fingerprint density at radius 2 is 1.82 bits per heavy atom. The molecule has 1 heterocycles. The van der Waals surface area contributed by atoms with Gasteiger partial charge < -0.3 is 5.73 Å². The fraction of sp³-hybridized carbons (Fsp3) is 0.0500. The number of primary amides is 1. The first-order valence-corrected chi connectivity index (χ1v) is 9.77. The van der Waals surface area contributed by atoms with E-state index in [9.17, 15) is 9.59 Å². The largest absolute Gasteiger partial charge is 0.366 e. The van der Waals surface area contributed by atoms with E-state index >= 15 is 0 Å². The van der Waals surface area contributed by atoms with Crippen molar-refractivity contribution in [1.82, 2.24) is 4.98 Å². The molecule has 0 aliphatic rings. The molecule has 3 rings (SSSR count). The molecule has 28 heavy (non-hydrogen) atoms. The molecule has 0 saturated heterocycles. The summed E-state index contributed by atoms with van der Waals surface area (Å²) in [6.45, 7) is 1.64. The number of nitrogens with zero attached hydrogens (tertiary/aromatic N) is 1. The number of halogens is 2. The minimum Gasteiger partial charge on any atom is -0.366 e. The second-order valence-corrected chi connectivity index (χ2v) is 7.61. The maximum atomic E-state index is 12.4. The number of rotatable bonds is 5. The van der Waals surface area contributed by atoms with E-state index < -0.39 is 5.91 Å². The summed E-state index contributed by atoms with van der Waals surface area (Å²) in [7, 11) is 0. The zero-order chi connectivity index (χ0) is 20.3. The third-order valence-electron chi connectivity index (χ3n) is 3.88. The van der Waals surface area contributed by atoms with Crippen molar-refractivity contribution in [2.45, 2.75) is 6.92 Å². The summed E-state index contributed by atoms with van der Waals surface area (Å²) < 4.78 is 0. The van der Waals surface area contributed by atoms with Crippen LogP contribution in [0.25, 0.3) is 17.3 Å². The lowest BCUT2D eigenvalue weighted by atomic mass is 10.1. The number of benzene rings is 2. The molecule has 0 aliphatic heterocycles. The smallest absolute Gasteiger partial charge is 0.257 e. The van der Waals surface area contributed by atoms with Gasteiger partial charge in [0, 0.05) is 22.1 Å². The molecule has 0 saturated carbocycles. The number of nitrogens with one attached hydrogen (secondary N) is 1. The predicted molar refractivity (Wildman–Crippen MR) is 115 cm³/mol. The van der Waals surface area contributed by atoms with Gasteiger partial charge in [-0.05, 0) is 42.8 Å². The summed E-state index contributed by atoms with van der Waals surface area (Å²) in [6.07, 6.45) is 1.66. The molecule has 3 aromatic rings. The maximum absolute atomic E-state index is 12.4. The van der Waals surface area contributed by atoms with Crippen LogP contribution in [0.2, 0.25) is 10.0 Å². The highest BCUT2D eigenvalue weighted by Crippen LogP contribution is 2.30. The predicted octanol–water partition coefficient (Wildman–Crippen LogP) is 5.26. The van der Waals surface area contributed by atoms with Crippen molar-refractivity contribution >= 4 is 57.6 Å². The quantitative estimate of drug-likeness (QED) is 0.540. The summed E-state index contributed by atoms with van der Waals surface area (Å²) in [4.78, 5) is 27.9. The molecule has 0 radical (unpaired) electrons. The van der Waals surface area contributed by atoms with Crippen molar-refractivity contribution in [3.05, 3.63) is 74.6 Å². The summed E-state index contributed by atoms with van der Waals surface area (Å²) in [5.41, 5.74) is 8.42. The molecule has 0 atom stereocenters. The van der Waals surface area contributed by atoms with E-state index in [1.54, 1.807) is 49.4 Å². The third-order valence-corrected chi connectivity index (χ3v) is 5.38. The lowest BCUT2D eigenvalue weighted by Gasteiger charge is -2.03. The number of carbonyl (C=O) groups is 2. The average molecular weight is 432 g/mol. The molecule has 5 nitrogen and oxygen atoms in total. The molecule has 2 amide bonds. The number of anilines is 1. The van der Waals surface area contributed by atoms with Crippen molar-refractivity contribution in [3.8, 4) is 11.3 Å². The zero-order valence-corrected chi connectivity index (χ0v) is 17.0. The summed E-state index contributed by atoms with van der Waals surface area (Å²) in [5, 5.41) is 5.99. The number of hydrogen-bond acceptors (Lipinski definition) is 4. The minimum atomic E-state index is -0.483. The third kappa shape index (κ3) is 4.78. The van der Waals surface area contributed by atoms with E-state index in [2.05, 4.69) is 10.3 Å². The second-order valence-electron chi connectivity index (χ2n) is 5.93. The first-order chi connectivity index (χ1) is 13.3. The normalized spacial score (nSPS) is 11.3. The van der Waals surface area contributed by atoms with Crippen LogP contribution in [0.1, 0.15) is 22.8 Å². The Balaban J connectivity index is 1.71. The lowest BCUT2D eigenvalue weighted by Crippen LogP contribution is -2.12. The van der Waals surface area contributed by atoms with Gasteiger partial charge in [-0.25, -0.2) is 4.98 Å². The van der Waals surface area contributed by atoms with Crippen LogP contribution in [-0.2, 0) is 4.79 Å². The van der Waals surface area contributed by atoms with Gasteiger partial charge in [0.1, 0.15) is 0 Å². The molecule has 142 valence electrons. The van der Waals surface area contributed by atoms with Crippen LogP contribution in [0.15, 0.2) is 53.4 Å². The molecule has 0 fully saturated rings. The standard InChI is InChI=1S/C20H15Cl2N3O2S/c1-11(18(23)26)8-12-2-4-13(5-3-12)19(27)25-20-24-17(10-28-20)14-6-7-15(21)16(22)9-14/h2-10H,1H3,(H2,23,26)(H,24,25,27)/b11-8+. The highest BCUT2D eigenvalue weighted by atomic mass is 35.5. The van der Waals surface area contributed by atoms with Gasteiger partial charge in [0.15, 0.2) is 5.13 Å². The molecule has 3 N–H and O–H groups in total. The molecule has 8 heteroatoms. The van der Waals surface area contributed by atoms with E-state index in [1.165, 1.54) is 11.3 Å². The SMILES string of the molecule is C/C(=C\c1ccc(C(=O)Nc2nc(-c3ccc(Cl)c(Cl)c3)cs2)cc1)C(N)=O. The highest BCUT2D eigenvalue weighted by molar-refractivity contribution is 7.14. The number of carbonyl (C=O) groups excluding carboxylic acids is 2. The fourth-order valence-corrected chi connectivity index (χ4v) is 3.35. The lowest BCUT2D eigenvalue weighted by molar-refractivity contribution is -0.114. The van der Waals surface area contributed by atoms with Crippen molar-refractivity contribution in [1.29, 1.82) is 0 Å². The van der Waals surface area contributed by atoms with E-state index in [0.717, 1.165) is 11.1 Å². The van der Waals surface area contributed by atoms with Gasteiger partial charge in [-0.15, -0.1) is 11.3 Å². The number of thiazole rings is 1.